The van der Waals surface area contributed by atoms with Gasteiger partial charge in [-0.05, 0) is 102 Å². The molecule has 9 heteroatoms. The van der Waals surface area contributed by atoms with Crippen LogP contribution < -0.4 is 11.1 Å². The lowest BCUT2D eigenvalue weighted by atomic mass is 9.92. The summed E-state index contributed by atoms with van der Waals surface area (Å²) in [5, 5.41) is 4.04. The summed E-state index contributed by atoms with van der Waals surface area (Å²) in [7, 11) is 1.50. The fraction of sp³-hybridized carbons (Fsp3) is 0.500. The van der Waals surface area contributed by atoms with E-state index in [1.54, 1.807) is 4.90 Å². The van der Waals surface area contributed by atoms with Crippen LogP contribution in [-0.2, 0) is 16.0 Å². The quantitative estimate of drug-likeness (QED) is 0.373. The Labute approximate surface area is 242 Å². The lowest BCUT2D eigenvalue weighted by molar-refractivity contribution is -0.133. The first-order valence-corrected chi connectivity index (χ1v) is 14.9. The van der Waals surface area contributed by atoms with Crippen LogP contribution in [0.1, 0.15) is 49.7 Å². The third-order valence-corrected chi connectivity index (χ3v) is 8.51. The van der Waals surface area contributed by atoms with Crippen molar-refractivity contribution in [1.29, 1.82) is 0 Å². The molecule has 0 unspecified atom stereocenters. The molecule has 3 heterocycles. The highest BCUT2D eigenvalue weighted by molar-refractivity contribution is 9.12. The van der Waals surface area contributed by atoms with Gasteiger partial charge in [0.2, 0.25) is 12.3 Å². The number of benzene rings is 1. The maximum absolute atomic E-state index is 12.9. The molecule has 2 fully saturated rings. The van der Waals surface area contributed by atoms with Crippen LogP contribution in [-0.4, -0.2) is 61.9 Å². The molecular weight excluding hydrogens is 620 g/mol. The van der Waals surface area contributed by atoms with E-state index in [9.17, 15) is 9.59 Å². The van der Waals surface area contributed by atoms with Crippen molar-refractivity contribution in [2.24, 2.45) is 11.7 Å². The first-order valence-electron chi connectivity index (χ1n) is 12.9. The minimum absolute atomic E-state index is 0.261. The number of hydrogen-bond acceptors (Lipinski definition) is 4. The SMILES string of the molecule is CN.O=CN1CCC(CC(=O)N2CCC(=Cc3c(Br)cc(Cl)cc3CCC3=CC(Br)=CNC3)CC2)CC1. The van der Waals surface area contributed by atoms with Crippen LogP contribution in [0, 0.1) is 5.92 Å². The number of dihydropyridines is 1. The number of carbonyl (C=O) groups is 2. The van der Waals surface area contributed by atoms with Gasteiger partial charge >= 0.3 is 0 Å². The Morgan fingerprint density at radius 3 is 2.49 bits per heavy atom. The summed E-state index contributed by atoms with van der Waals surface area (Å²) in [6.07, 6.45) is 13.5. The van der Waals surface area contributed by atoms with Crippen molar-refractivity contribution in [3.05, 3.63) is 60.7 Å². The zero-order chi connectivity index (χ0) is 26.8. The fourth-order valence-electron chi connectivity index (χ4n) is 5.06. The molecule has 6 nitrogen and oxygen atoms in total. The molecule has 3 aliphatic heterocycles. The molecule has 1 aromatic rings. The molecule has 2 amide bonds. The summed E-state index contributed by atoms with van der Waals surface area (Å²) in [6, 6.07) is 4.04. The van der Waals surface area contributed by atoms with Gasteiger partial charge in [0.1, 0.15) is 0 Å². The van der Waals surface area contributed by atoms with Gasteiger partial charge in [0.05, 0.1) is 0 Å². The van der Waals surface area contributed by atoms with Gasteiger partial charge in [-0.15, -0.1) is 0 Å². The summed E-state index contributed by atoms with van der Waals surface area (Å²) in [5.41, 5.74) is 9.67. The van der Waals surface area contributed by atoms with Crippen molar-refractivity contribution >= 4 is 61.9 Å². The molecule has 0 saturated carbocycles. The smallest absolute Gasteiger partial charge is 0.222 e. The minimum Gasteiger partial charge on any atom is -0.386 e. The molecule has 0 spiro atoms. The fourth-order valence-corrected chi connectivity index (χ4v) is 6.53. The van der Waals surface area contributed by atoms with Crippen LogP contribution in [0.15, 0.2) is 44.5 Å². The van der Waals surface area contributed by atoms with Gasteiger partial charge in [0.15, 0.2) is 0 Å². The predicted molar refractivity (Wildman–Crippen MR) is 159 cm³/mol. The lowest BCUT2D eigenvalue weighted by Crippen LogP contribution is -2.39. The number of allylic oxidation sites excluding steroid dienone is 2. The van der Waals surface area contributed by atoms with Crippen molar-refractivity contribution in [1.82, 2.24) is 15.1 Å². The standard InChI is InChI=1S/C27H32Br2ClN3O2.CH5N/c28-23-11-21(16-31-17-23)1-2-22-14-24(30)15-26(29)25(22)12-19-5-9-33(10-6-19)27(35)13-20-3-7-32(18-34)8-4-20;1-2/h11-12,14-15,17-18,20,31H,1-10,13,16H2;2H2,1H3. The number of nitrogens with zero attached hydrogens (tertiary/aromatic N) is 2. The molecule has 0 atom stereocenters. The van der Waals surface area contributed by atoms with Gasteiger partial charge in [-0.1, -0.05) is 39.2 Å². The summed E-state index contributed by atoms with van der Waals surface area (Å²) >= 11 is 13.7. The molecule has 4 rings (SSSR count). The summed E-state index contributed by atoms with van der Waals surface area (Å²) < 4.78 is 2.09. The number of carbonyl (C=O) groups excluding carboxylic acids is 2. The second kappa shape index (κ2) is 15.1. The van der Waals surface area contributed by atoms with E-state index in [-0.39, 0.29) is 5.91 Å². The van der Waals surface area contributed by atoms with Crippen LogP contribution in [0.25, 0.3) is 6.08 Å². The molecule has 1 aromatic carbocycles. The summed E-state index contributed by atoms with van der Waals surface area (Å²) in [6.45, 7) is 3.96. The third kappa shape index (κ3) is 8.98. The maximum atomic E-state index is 12.9. The van der Waals surface area contributed by atoms with Crippen molar-refractivity contribution < 1.29 is 9.59 Å². The molecule has 3 N–H and O–H groups in total. The Morgan fingerprint density at radius 1 is 1.14 bits per heavy atom. The van der Waals surface area contributed by atoms with E-state index < -0.39 is 0 Å². The number of nitrogens with two attached hydrogens (primary N) is 1. The lowest BCUT2D eigenvalue weighted by Gasteiger charge is -2.32. The first-order chi connectivity index (χ1) is 17.9. The van der Waals surface area contributed by atoms with E-state index in [0.717, 1.165) is 91.6 Å². The summed E-state index contributed by atoms with van der Waals surface area (Å²) in [4.78, 5) is 27.6. The van der Waals surface area contributed by atoms with Crippen LogP contribution in [0.5, 0.6) is 0 Å². The second-order valence-electron chi connectivity index (χ2n) is 9.65. The largest absolute Gasteiger partial charge is 0.386 e. The van der Waals surface area contributed by atoms with Crippen LogP contribution in [0.3, 0.4) is 0 Å². The number of aryl methyl sites for hydroxylation is 1. The van der Waals surface area contributed by atoms with E-state index in [4.69, 9.17) is 11.6 Å². The van der Waals surface area contributed by atoms with Crippen molar-refractivity contribution in [2.75, 3.05) is 39.8 Å². The average Bonchev–Trinajstić information content (AvgIpc) is 2.91. The number of likely N-dealkylation sites (tertiary alicyclic amines) is 2. The van der Waals surface area contributed by atoms with Crippen LogP contribution >= 0.6 is 43.5 Å². The van der Waals surface area contributed by atoms with E-state index in [2.05, 4.69) is 61.1 Å². The molecule has 0 bridgehead atoms. The van der Waals surface area contributed by atoms with E-state index in [1.807, 2.05) is 17.2 Å². The highest BCUT2D eigenvalue weighted by Crippen LogP contribution is 2.32. The highest BCUT2D eigenvalue weighted by atomic mass is 79.9. The zero-order valence-corrected chi connectivity index (χ0v) is 25.4. The number of hydrogen-bond donors (Lipinski definition) is 2. The summed E-state index contributed by atoms with van der Waals surface area (Å²) in [5.74, 6) is 0.658. The molecule has 0 aliphatic carbocycles. The number of rotatable bonds is 7. The molecule has 3 aliphatic rings. The van der Waals surface area contributed by atoms with Gasteiger partial charge in [-0.3, -0.25) is 9.59 Å². The van der Waals surface area contributed by atoms with Crippen LogP contribution in [0.4, 0.5) is 0 Å². The van der Waals surface area contributed by atoms with Crippen molar-refractivity contribution in [3.8, 4) is 0 Å². The Hall–Kier alpha value is -1.61. The van der Waals surface area contributed by atoms with Gasteiger partial charge in [-0.25, -0.2) is 0 Å². The zero-order valence-electron chi connectivity index (χ0n) is 21.4. The maximum Gasteiger partial charge on any atom is 0.222 e. The number of amides is 2. The molecule has 37 heavy (non-hydrogen) atoms. The van der Waals surface area contributed by atoms with Crippen molar-refractivity contribution in [3.63, 3.8) is 0 Å². The number of halogens is 3. The minimum atomic E-state index is 0.261. The van der Waals surface area contributed by atoms with Crippen molar-refractivity contribution in [2.45, 2.75) is 44.9 Å². The number of piperidine rings is 2. The predicted octanol–water partition coefficient (Wildman–Crippen LogP) is 5.64. The molecular formula is C28H37Br2ClN4O2. The average molecular weight is 657 g/mol. The Bertz CT molecular complexity index is 1040. The molecule has 0 radical (unpaired) electrons. The Kier molecular flexibility index (Phi) is 12.2. The first kappa shape index (κ1) is 29.9. The van der Waals surface area contributed by atoms with Gasteiger partial charge in [0.25, 0.3) is 0 Å². The Balaban J connectivity index is 0.00000186. The normalized spacial score (nSPS) is 18.2. The van der Waals surface area contributed by atoms with E-state index in [1.165, 1.54) is 29.3 Å². The number of nitrogens with one attached hydrogen (secondary N) is 1. The molecule has 0 aromatic heterocycles. The van der Waals surface area contributed by atoms with E-state index in [0.29, 0.717) is 12.3 Å². The third-order valence-electron chi connectivity index (χ3n) is 7.17. The van der Waals surface area contributed by atoms with Gasteiger partial charge in [-0.2, -0.15) is 0 Å². The highest BCUT2D eigenvalue weighted by Gasteiger charge is 2.25. The Morgan fingerprint density at radius 2 is 1.84 bits per heavy atom. The van der Waals surface area contributed by atoms with Gasteiger partial charge in [0, 0.05) is 59.3 Å². The topological polar surface area (TPSA) is 78.7 Å². The van der Waals surface area contributed by atoms with Gasteiger partial charge < -0.3 is 20.9 Å². The molecule has 202 valence electrons. The second-order valence-corrected chi connectivity index (χ2v) is 11.9. The monoisotopic (exact) mass is 654 g/mol. The molecule has 2 saturated heterocycles. The van der Waals surface area contributed by atoms with E-state index >= 15 is 0 Å². The van der Waals surface area contributed by atoms with Crippen LogP contribution in [0.2, 0.25) is 5.02 Å².